The van der Waals surface area contributed by atoms with E-state index in [1.54, 1.807) is 16.8 Å². The molecule has 0 atom stereocenters. The Morgan fingerprint density at radius 2 is 2.20 bits per heavy atom. The zero-order chi connectivity index (χ0) is 10.8. The Morgan fingerprint density at radius 1 is 1.40 bits per heavy atom. The van der Waals surface area contributed by atoms with Crippen LogP contribution in [0.15, 0.2) is 33.7 Å². The lowest BCUT2D eigenvalue weighted by Crippen LogP contribution is -2.18. The fraction of sp³-hybridized carbons (Fsp3) is 0.273. The van der Waals surface area contributed by atoms with E-state index in [1.165, 1.54) is 0 Å². The summed E-state index contributed by atoms with van der Waals surface area (Å²) in [5.74, 6) is 0.693. The number of aromatic nitrogens is 2. The SMILES string of the molecule is Cc1ccn(Cc2cc(C)no2)c(=O)c1. The van der Waals surface area contributed by atoms with Crippen molar-refractivity contribution in [2.45, 2.75) is 20.4 Å². The molecule has 4 nitrogen and oxygen atoms in total. The van der Waals surface area contributed by atoms with E-state index in [4.69, 9.17) is 4.52 Å². The average molecular weight is 204 g/mol. The molecule has 2 aromatic heterocycles. The predicted molar refractivity (Wildman–Crippen MR) is 55.8 cm³/mol. The highest BCUT2D eigenvalue weighted by molar-refractivity contribution is 5.10. The molecule has 0 saturated carbocycles. The number of rotatable bonds is 2. The van der Waals surface area contributed by atoms with Crippen molar-refractivity contribution in [1.29, 1.82) is 0 Å². The van der Waals surface area contributed by atoms with Gasteiger partial charge in [-0.15, -0.1) is 0 Å². The third kappa shape index (κ3) is 2.15. The van der Waals surface area contributed by atoms with Crippen LogP contribution >= 0.6 is 0 Å². The predicted octanol–water partition coefficient (Wildman–Crippen LogP) is 1.50. The second-order valence-electron chi connectivity index (χ2n) is 3.60. The van der Waals surface area contributed by atoms with Gasteiger partial charge >= 0.3 is 0 Å². The second kappa shape index (κ2) is 3.73. The topological polar surface area (TPSA) is 48.0 Å². The largest absolute Gasteiger partial charge is 0.359 e. The van der Waals surface area contributed by atoms with Crippen molar-refractivity contribution >= 4 is 0 Å². The van der Waals surface area contributed by atoms with E-state index in [-0.39, 0.29) is 5.56 Å². The molecular formula is C11H12N2O2. The van der Waals surface area contributed by atoms with E-state index < -0.39 is 0 Å². The minimum Gasteiger partial charge on any atom is -0.359 e. The molecule has 0 amide bonds. The van der Waals surface area contributed by atoms with Crippen molar-refractivity contribution in [3.63, 3.8) is 0 Å². The number of pyridine rings is 1. The maximum atomic E-state index is 11.6. The third-order valence-corrected chi connectivity index (χ3v) is 2.15. The maximum Gasteiger partial charge on any atom is 0.251 e. The lowest BCUT2D eigenvalue weighted by Gasteiger charge is -2.01. The van der Waals surface area contributed by atoms with E-state index in [1.807, 2.05) is 26.0 Å². The first-order valence-electron chi connectivity index (χ1n) is 4.74. The van der Waals surface area contributed by atoms with Gasteiger partial charge in [0.2, 0.25) is 0 Å². The molecule has 2 rings (SSSR count). The van der Waals surface area contributed by atoms with Crippen LogP contribution in [0, 0.1) is 13.8 Å². The summed E-state index contributed by atoms with van der Waals surface area (Å²) in [5.41, 5.74) is 1.76. The smallest absolute Gasteiger partial charge is 0.251 e. The lowest BCUT2D eigenvalue weighted by atomic mass is 10.3. The van der Waals surface area contributed by atoms with Gasteiger partial charge in [-0.05, 0) is 25.5 Å². The van der Waals surface area contributed by atoms with Crippen molar-refractivity contribution < 1.29 is 4.52 Å². The lowest BCUT2D eigenvalue weighted by molar-refractivity contribution is 0.371. The number of nitrogens with zero attached hydrogens (tertiary/aromatic N) is 2. The van der Waals surface area contributed by atoms with Gasteiger partial charge in [0.1, 0.15) is 0 Å². The van der Waals surface area contributed by atoms with Gasteiger partial charge < -0.3 is 9.09 Å². The monoisotopic (exact) mass is 204 g/mol. The van der Waals surface area contributed by atoms with Crippen molar-refractivity contribution in [1.82, 2.24) is 9.72 Å². The van der Waals surface area contributed by atoms with Crippen LogP contribution in [0.3, 0.4) is 0 Å². The highest BCUT2D eigenvalue weighted by atomic mass is 16.5. The molecule has 0 saturated heterocycles. The van der Waals surface area contributed by atoms with E-state index in [9.17, 15) is 4.79 Å². The first-order chi connectivity index (χ1) is 7.15. The Bertz CT molecular complexity index is 525. The van der Waals surface area contributed by atoms with E-state index in [0.29, 0.717) is 12.3 Å². The normalized spacial score (nSPS) is 10.5. The molecule has 0 spiro atoms. The minimum atomic E-state index is -0.0240. The summed E-state index contributed by atoms with van der Waals surface area (Å²) in [7, 11) is 0. The Balaban J connectivity index is 2.28. The van der Waals surface area contributed by atoms with Gasteiger partial charge in [0.05, 0.1) is 12.2 Å². The Hall–Kier alpha value is -1.84. The third-order valence-electron chi connectivity index (χ3n) is 2.15. The van der Waals surface area contributed by atoms with Crippen molar-refractivity contribution in [3.05, 3.63) is 51.8 Å². The number of hydrogen-bond donors (Lipinski definition) is 0. The fourth-order valence-corrected chi connectivity index (χ4v) is 1.40. The van der Waals surface area contributed by atoms with Crippen LogP contribution in [0.2, 0.25) is 0 Å². The van der Waals surface area contributed by atoms with Crippen LogP contribution in [0.4, 0.5) is 0 Å². The summed E-state index contributed by atoms with van der Waals surface area (Å²) in [4.78, 5) is 11.6. The van der Waals surface area contributed by atoms with Crippen LogP contribution in [0.5, 0.6) is 0 Å². The van der Waals surface area contributed by atoms with Gasteiger partial charge in [-0.1, -0.05) is 5.16 Å². The summed E-state index contributed by atoms with van der Waals surface area (Å²) in [6, 6.07) is 5.32. The molecule has 2 heterocycles. The van der Waals surface area contributed by atoms with Gasteiger partial charge in [-0.3, -0.25) is 4.79 Å². The first kappa shape index (κ1) is 9.71. The van der Waals surface area contributed by atoms with Crippen LogP contribution < -0.4 is 5.56 Å². The molecule has 78 valence electrons. The van der Waals surface area contributed by atoms with Crippen LogP contribution in [0.1, 0.15) is 17.0 Å². The molecule has 0 N–H and O–H groups in total. The van der Waals surface area contributed by atoms with Gasteiger partial charge in [-0.2, -0.15) is 0 Å². The Labute approximate surface area is 87.1 Å². The quantitative estimate of drug-likeness (QED) is 0.744. The average Bonchev–Trinajstić information content (AvgIpc) is 2.56. The molecule has 0 aliphatic carbocycles. The molecule has 0 bridgehead atoms. The molecule has 0 aliphatic heterocycles. The van der Waals surface area contributed by atoms with Crippen molar-refractivity contribution in [3.8, 4) is 0 Å². The highest BCUT2D eigenvalue weighted by Gasteiger charge is 2.02. The molecule has 0 unspecified atom stereocenters. The van der Waals surface area contributed by atoms with Crippen LogP contribution in [-0.4, -0.2) is 9.72 Å². The molecule has 2 aromatic rings. The van der Waals surface area contributed by atoms with Crippen LogP contribution in [0.25, 0.3) is 0 Å². The molecular weight excluding hydrogens is 192 g/mol. The van der Waals surface area contributed by atoms with Crippen molar-refractivity contribution in [2.75, 3.05) is 0 Å². The second-order valence-corrected chi connectivity index (χ2v) is 3.60. The van der Waals surface area contributed by atoms with E-state index >= 15 is 0 Å². The van der Waals surface area contributed by atoms with Crippen molar-refractivity contribution in [2.24, 2.45) is 0 Å². The molecule has 15 heavy (non-hydrogen) atoms. The molecule has 0 radical (unpaired) electrons. The van der Waals surface area contributed by atoms with Crippen LogP contribution in [-0.2, 0) is 6.54 Å². The summed E-state index contributed by atoms with van der Waals surface area (Å²) >= 11 is 0. The molecule has 0 fully saturated rings. The first-order valence-corrected chi connectivity index (χ1v) is 4.74. The summed E-state index contributed by atoms with van der Waals surface area (Å²) < 4.78 is 6.63. The molecule has 0 aromatic carbocycles. The fourth-order valence-electron chi connectivity index (χ4n) is 1.40. The highest BCUT2D eigenvalue weighted by Crippen LogP contribution is 2.03. The molecule has 4 heteroatoms. The standard InChI is InChI=1S/C11H12N2O2/c1-8-3-4-13(11(14)5-8)7-10-6-9(2)12-15-10/h3-6H,7H2,1-2H3. The molecule has 0 aliphatic rings. The zero-order valence-corrected chi connectivity index (χ0v) is 8.73. The van der Waals surface area contributed by atoms with E-state index in [2.05, 4.69) is 5.16 Å². The van der Waals surface area contributed by atoms with Gasteiger partial charge in [-0.25, -0.2) is 0 Å². The van der Waals surface area contributed by atoms with Gasteiger partial charge in [0, 0.05) is 18.3 Å². The Morgan fingerprint density at radius 3 is 2.80 bits per heavy atom. The van der Waals surface area contributed by atoms with Gasteiger partial charge in [0.25, 0.3) is 5.56 Å². The summed E-state index contributed by atoms with van der Waals surface area (Å²) in [5, 5.41) is 3.77. The minimum absolute atomic E-state index is 0.0240. The number of hydrogen-bond acceptors (Lipinski definition) is 3. The maximum absolute atomic E-state index is 11.6. The summed E-state index contributed by atoms with van der Waals surface area (Å²) in [6.45, 7) is 4.18. The van der Waals surface area contributed by atoms with Gasteiger partial charge in [0.15, 0.2) is 5.76 Å². The number of aryl methyl sites for hydroxylation is 2. The Kier molecular flexibility index (Phi) is 2.41. The van der Waals surface area contributed by atoms with E-state index in [0.717, 1.165) is 11.3 Å². The summed E-state index contributed by atoms with van der Waals surface area (Å²) in [6.07, 6.45) is 1.76. The zero-order valence-electron chi connectivity index (χ0n) is 8.73.